The SMILES string of the molecule is CCN(C(=O)C1(C#N)CCCC1)c1cccc(O)c1. The average molecular weight is 258 g/mol. The first kappa shape index (κ1) is 13.4. The van der Waals surface area contributed by atoms with Crippen LogP contribution < -0.4 is 4.90 Å². The van der Waals surface area contributed by atoms with Crippen molar-refractivity contribution in [1.82, 2.24) is 0 Å². The number of nitrogens with zero attached hydrogens (tertiary/aromatic N) is 2. The molecule has 1 saturated carbocycles. The number of rotatable bonds is 3. The molecule has 100 valence electrons. The maximum Gasteiger partial charge on any atom is 0.247 e. The summed E-state index contributed by atoms with van der Waals surface area (Å²) in [6.07, 6.45) is 3.13. The van der Waals surface area contributed by atoms with E-state index in [0.29, 0.717) is 25.1 Å². The smallest absolute Gasteiger partial charge is 0.247 e. The molecule has 1 N–H and O–H groups in total. The van der Waals surface area contributed by atoms with Crippen molar-refractivity contribution in [1.29, 1.82) is 5.26 Å². The Morgan fingerprint density at radius 1 is 1.47 bits per heavy atom. The van der Waals surface area contributed by atoms with Crippen molar-refractivity contribution in [2.24, 2.45) is 5.41 Å². The van der Waals surface area contributed by atoms with E-state index in [1.807, 2.05) is 6.92 Å². The fraction of sp³-hybridized carbons (Fsp3) is 0.467. The van der Waals surface area contributed by atoms with Crippen LogP contribution in [0.3, 0.4) is 0 Å². The van der Waals surface area contributed by atoms with Gasteiger partial charge in [-0.2, -0.15) is 5.26 Å². The van der Waals surface area contributed by atoms with Crippen molar-refractivity contribution in [3.63, 3.8) is 0 Å². The largest absolute Gasteiger partial charge is 0.508 e. The van der Waals surface area contributed by atoms with Crippen molar-refractivity contribution < 1.29 is 9.90 Å². The van der Waals surface area contributed by atoms with Gasteiger partial charge in [0.05, 0.1) is 6.07 Å². The fourth-order valence-electron chi connectivity index (χ4n) is 2.71. The molecule has 0 saturated heterocycles. The first-order valence-corrected chi connectivity index (χ1v) is 6.65. The maximum atomic E-state index is 12.7. The fourth-order valence-corrected chi connectivity index (χ4v) is 2.71. The van der Waals surface area contributed by atoms with Gasteiger partial charge in [0, 0.05) is 18.3 Å². The summed E-state index contributed by atoms with van der Waals surface area (Å²) in [5.74, 6) is -0.0122. The lowest BCUT2D eigenvalue weighted by Crippen LogP contribution is -2.42. The standard InChI is InChI=1S/C15H18N2O2/c1-2-17(12-6-5-7-13(18)10-12)14(19)15(11-16)8-3-4-9-15/h5-7,10,18H,2-4,8-9H2,1H3. The Balaban J connectivity index is 2.32. The lowest BCUT2D eigenvalue weighted by molar-refractivity contribution is -0.125. The number of phenolic OH excluding ortho intramolecular Hbond substituents is 1. The second-order valence-electron chi connectivity index (χ2n) is 4.97. The van der Waals surface area contributed by atoms with E-state index < -0.39 is 5.41 Å². The van der Waals surface area contributed by atoms with Gasteiger partial charge in [0.1, 0.15) is 11.2 Å². The number of carbonyl (C=O) groups excluding carboxylic acids is 1. The van der Waals surface area contributed by atoms with Crippen LogP contribution in [0.5, 0.6) is 5.75 Å². The minimum atomic E-state index is -0.874. The highest BCUT2D eigenvalue weighted by Gasteiger charge is 2.44. The molecule has 1 amide bonds. The van der Waals surface area contributed by atoms with Crippen molar-refractivity contribution in [3.8, 4) is 11.8 Å². The molecule has 0 unspecified atom stereocenters. The van der Waals surface area contributed by atoms with E-state index in [0.717, 1.165) is 12.8 Å². The molecule has 2 rings (SSSR count). The van der Waals surface area contributed by atoms with E-state index in [9.17, 15) is 15.2 Å². The van der Waals surface area contributed by atoms with Gasteiger partial charge in [-0.3, -0.25) is 4.79 Å². The van der Waals surface area contributed by atoms with Crippen molar-refractivity contribution in [2.75, 3.05) is 11.4 Å². The van der Waals surface area contributed by atoms with Gasteiger partial charge >= 0.3 is 0 Å². The third-order valence-electron chi connectivity index (χ3n) is 3.78. The number of carbonyl (C=O) groups is 1. The van der Waals surface area contributed by atoms with Gasteiger partial charge in [-0.1, -0.05) is 18.9 Å². The Bertz CT molecular complexity index is 513. The Hall–Kier alpha value is -2.02. The molecule has 1 aromatic carbocycles. The minimum absolute atomic E-state index is 0.126. The molecular weight excluding hydrogens is 240 g/mol. The number of aromatic hydroxyl groups is 1. The predicted molar refractivity (Wildman–Crippen MR) is 72.6 cm³/mol. The number of hydrogen-bond donors (Lipinski definition) is 1. The first-order chi connectivity index (χ1) is 9.13. The summed E-state index contributed by atoms with van der Waals surface area (Å²) in [5, 5.41) is 18.9. The first-order valence-electron chi connectivity index (χ1n) is 6.65. The molecule has 19 heavy (non-hydrogen) atoms. The zero-order valence-electron chi connectivity index (χ0n) is 11.1. The van der Waals surface area contributed by atoms with Crippen molar-refractivity contribution in [3.05, 3.63) is 24.3 Å². The molecular formula is C15H18N2O2. The lowest BCUT2D eigenvalue weighted by atomic mass is 9.86. The van der Waals surface area contributed by atoms with Crippen LogP contribution >= 0.6 is 0 Å². The van der Waals surface area contributed by atoms with Crippen LogP contribution in [0, 0.1) is 16.7 Å². The van der Waals surface area contributed by atoms with Crippen molar-refractivity contribution >= 4 is 11.6 Å². The van der Waals surface area contributed by atoms with Crippen LogP contribution in [0.25, 0.3) is 0 Å². The molecule has 0 spiro atoms. The zero-order valence-corrected chi connectivity index (χ0v) is 11.1. The van der Waals surface area contributed by atoms with E-state index in [4.69, 9.17) is 0 Å². The van der Waals surface area contributed by atoms with E-state index in [-0.39, 0.29) is 11.7 Å². The van der Waals surface area contributed by atoms with E-state index in [1.165, 1.54) is 0 Å². The average Bonchev–Trinajstić information content (AvgIpc) is 2.89. The zero-order chi connectivity index (χ0) is 13.9. The van der Waals surface area contributed by atoms with E-state index in [2.05, 4.69) is 6.07 Å². The number of amides is 1. The summed E-state index contributed by atoms with van der Waals surface area (Å²) in [6.45, 7) is 2.37. The van der Waals surface area contributed by atoms with Gasteiger partial charge in [0.15, 0.2) is 0 Å². The summed E-state index contributed by atoms with van der Waals surface area (Å²) < 4.78 is 0. The molecule has 4 nitrogen and oxygen atoms in total. The molecule has 1 aliphatic carbocycles. The van der Waals surface area contributed by atoms with Crippen LogP contribution in [0.1, 0.15) is 32.6 Å². The normalized spacial score (nSPS) is 16.8. The minimum Gasteiger partial charge on any atom is -0.508 e. The second-order valence-corrected chi connectivity index (χ2v) is 4.97. The molecule has 1 aliphatic rings. The molecule has 0 aromatic heterocycles. The third-order valence-corrected chi connectivity index (χ3v) is 3.78. The van der Waals surface area contributed by atoms with Crippen LogP contribution in [-0.4, -0.2) is 17.6 Å². The van der Waals surface area contributed by atoms with Crippen LogP contribution in [-0.2, 0) is 4.79 Å². The molecule has 0 bridgehead atoms. The summed E-state index contributed by atoms with van der Waals surface area (Å²) in [5.41, 5.74) is -0.226. The third kappa shape index (κ3) is 2.41. The van der Waals surface area contributed by atoms with Gasteiger partial charge in [0.25, 0.3) is 0 Å². The molecule has 4 heteroatoms. The Morgan fingerprint density at radius 2 is 2.16 bits per heavy atom. The summed E-state index contributed by atoms with van der Waals surface area (Å²) in [7, 11) is 0. The summed E-state index contributed by atoms with van der Waals surface area (Å²) >= 11 is 0. The summed E-state index contributed by atoms with van der Waals surface area (Å²) in [6, 6.07) is 8.83. The van der Waals surface area contributed by atoms with Gasteiger partial charge in [-0.05, 0) is 31.9 Å². The maximum absolute atomic E-state index is 12.7. The number of hydrogen-bond acceptors (Lipinski definition) is 3. The van der Waals surface area contributed by atoms with Crippen LogP contribution in [0.2, 0.25) is 0 Å². The lowest BCUT2D eigenvalue weighted by Gasteiger charge is -2.29. The molecule has 0 radical (unpaired) electrons. The van der Waals surface area contributed by atoms with Gasteiger partial charge in [0.2, 0.25) is 5.91 Å². The topological polar surface area (TPSA) is 64.3 Å². The van der Waals surface area contributed by atoms with E-state index in [1.54, 1.807) is 29.2 Å². The Kier molecular flexibility index (Phi) is 3.75. The Labute approximate surface area is 113 Å². The van der Waals surface area contributed by atoms with Gasteiger partial charge in [-0.25, -0.2) is 0 Å². The van der Waals surface area contributed by atoms with Crippen LogP contribution in [0.15, 0.2) is 24.3 Å². The summed E-state index contributed by atoms with van der Waals surface area (Å²) in [4.78, 5) is 14.3. The van der Waals surface area contributed by atoms with Gasteiger partial charge in [-0.15, -0.1) is 0 Å². The van der Waals surface area contributed by atoms with E-state index >= 15 is 0 Å². The molecule has 1 fully saturated rings. The van der Waals surface area contributed by atoms with Gasteiger partial charge < -0.3 is 10.0 Å². The highest BCUT2D eigenvalue weighted by molar-refractivity contribution is 5.99. The number of phenols is 1. The Morgan fingerprint density at radius 3 is 2.68 bits per heavy atom. The monoisotopic (exact) mass is 258 g/mol. The molecule has 0 heterocycles. The number of anilines is 1. The number of benzene rings is 1. The highest BCUT2D eigenvalue weighted by atomic mass is 16.3. The second kappa shape index (κ2) is 5.31. The predicted octanol–water partition coefficient (Wildman–Crippen LogP) is 2.83. The molecule has 0 aliphatic heterocycles. The van der Waals surface area contributed by atoms with Crippen molar-refractivity contribution in [2.45, 2.75) is 32.6 Å². The highest BCUT2D eigenvalue weighted by Crippen LogP contribution is 2.40. The quantitative estimate of drug-likeness (QED) is 0.906. The van der Waals surface area contributed by atoms with Crippen LogP contribution in [0.4, 0.5) is 5.69 Å². The molecule has 1 aromatic rings. The number of nitriles is 1. The molecule has 0 atom stereocenters.